The molecule has 31 heavy (non-hydrogen) atoms. The number of anilines is 1. The number of hydrogen-bond donors (Lipinski definition) is 0. The molecule has 8 nitrogen and oxygen atoms in total. The molecule has 1 aliphatic heterocycles. The zero-order chi connectivity index (χ0) is 22.1. The van der Waals surface area contributed by atoms with E-state index in [1.807, 2.05) is 55.6 Å². The number of rotatable bonds is 5. The Bertz CT molecular complexity index is 1090. The summed E-state index contributed by atoms with van der Waals surface area (Å²) >= 11 is 0. The highest BCUT2D eigenvalue weighted by molar-refractivity contribution is 5.88. The van der Waals surface area contributed by atoms with Crippen molar-refractivity contribution >= 4 is 22.8 Å². The topological polar surface area (TPSA) is 76.4 Å². The number of aromatic nitrogens is 4. The van der Waals surface area contributed by atoms with Gasteiger partial charge in [0.25, 0.3) is 5.91 Å². The number of nitrogens with zero attached hydrogens (tertiary/aromatic N) is 6. The summed E-state index contributed by atoms with van der Waals surface area (Å²) in [6, 6.07) is 5.99. The minimum atomic E-state index is 0.0146. The molecule has 1 saturated heterocycles. The highest BCUT2D eigenvalue weighted by atomic mass is 16.5. The Morgan fingerprint density at radius 2 is 1.74 bits per heavy atom. The maximum absolute atomic E-state index is 12.8. The second-order valence-electron chi connectivity index (χ2n) is 8.10. The zero-order valence-corrected chi connectivity index (χ0v) is 19.0. The summed E-state index contributed by atoms with van der Waals surface area (Å²) in [6.07, 6.45) is 0.769. The largest absolute Gasteiger partial charge is 0.483 e. The molecule has 4 rings (SSSR count). The molecule has 0 N–H and O–H groups in total. The molecule has 8 heteroatoms. The number of benzene rings is 1. The number of aryl methyl sites for hydroxylation is 5. The van der Waals surface area contributed by atoms with E-state index in [4.69, 9.17) is 9.72 Å². The smallest absolute Gasteiger partial charge is 0.260 e. The Kier molecular flexibility index (Phi) is 5.80. The number of para-hydroxylation sites is 1. The standard InChI is InChI=1S/C23H30N6O2/c1-6-18-24-20-17(4)26-27(5)21(20)23(25-18)29-12-10-28(11-13-29)19(30)14-31-22-15(2)8-7-9-16(22)3/h7-9H,6,10-14H2,1-5H3. The highest BCUT2D eigenvalue weighted by Crippen LogP contribution is 2.27. The van der Waals surface area contributed by atoms with Gasteiger partial charge >= 0.3 is 0 Å². The highest BCUT2D eigenvalue weighted by Gasteiger charge is 2.26. The van der Waals surface area contributed by atoms with Gasteiger partial charge in [0, 0.05) is 39.6 Å². The van der Waals surface area contributed by atoms with Crippen LogP contribution in [0.25, 0.3) is 11.0 Å². The molecule has 0 spiro atoms. The summed E-state index contributed by atoms with van der Waals surface area (Å²) < 4.78 is 7.72. The van der Waals surface area contributed by atoms with E-state index in [1.54, 1.807) is 0 Å². The summed E-state index contributed by atoms with van der Waals surface area (Å²) in [6.45, 7) is 10.8. The van der Waals surface area contributed by atoms with Crippen molar-refractivity contribution in [3.8, 4) is 5.75 Å². The molecule has 0 aliphatic carbocycles. The molecule has 0 bridgehead atoms. The second-order valence-corrected chi connectivity index (χ2v) is 8.10. The van der Waals surface area contributed by atoms with Gasteiger partial charge in [-0.25, -0.2) is 9.97 Å². The lowest BCUT2D eigenvalue weighted by molar-refractivity contribution is -0.133. The van der Waals surface area contributed by atoms with Gasteiger partial charge in [0.2, 0.25) is 0 Å². The summed E-state index contributed by atoms with van der Waals surface area (Å²) in [4.78, 5) is 26.3. The van der Waals surface area contributed by atoms with Crippen molar-refractivity contribution in [1.29, 1.82) is 0 Å². The predicted molar refractivity (Wildman–Crippen MR) is 121 cm³/mol. The van der Waals surface area contributed by atoms with E-state index in [2.05, 4.69) is 21.9 Å². The Labute approximate surface area is 182 Å². The van der Waals surface area contributed by atoms with Gasteiger partial charge in [-0.1, -0.05) is 25.1 Å². The van der Waals surface area contributed by atoms with Crippen molar-refractivity contribution in [3.05, 3.63) is 40.8 Å². The molecule has 1 aromatic carbocycles. The van der Waals surface area contributed by atoms with Gasteiger partial charge in [-0.3, -0.25) is 9.48 Å². The summed E-state index contributed by atoms with van der Waals surface area (Å²) in [7, 11) is 1.93. The summed E-state index contributed by atoms with van der Waals surface area (Å²) in [5, 5.41) is 4.54. The van der Waals surface area contributed by atoms with Crippen LogP contribution in [-0.4, -0.2) is 63.3 Å². The maximum Gasteiger partial charge on any atom is 0.260 e. The van der Waals surface area contributed by atoms with Crippen LogP contribution >= 0.6 is 0 Å². The maximum atomic E-state index is 12.8. The Balaban J connectivity index is 1.45. The molecule has 0 atom stereocenters. The molecular weight excluding hydrogens is 392 g/mol. The van der Waals surface area contributed by atoms with Gasteiger partial charge in [-0.15, -0.1) is 0 Å². The zero-order valence-electron chi connectivity index (χ0n) is 19.0. The van der Waals surface area contributed by atoms with Crippen molar-refractivity contribution in [1.82, 2.24) is 24.6 Å². The van der Waals surface area contributed by atoms with Crippen LogP contribution in [-0.2, 0) is 18.3 Å². The van der Waals surface area contributed by atoms with Gasteiger partial charge < -0.3 is 14.5 Å². The molecule has 0 radical (unpaired) electrons. The van der Waals surface area contributed by atoms with E-state index in [9.17, 15) is 4.79 Å². The van der Waals surface area contributed by atoms with E-state index in [0.29, 0.717) is 26.2 Å². The first-order valence-electron chi connectivity index (χ1n) is 10.8. The lowest BCUT2D eigenvalue weighted by Crippen LogP contribution is -2.50. The van der Waals surface area contributed by atoms with Gasteiger partial charge in [-0.05, 0) is 31.9 Å². The third kappa shape index (κ3) is 4.06. The van der Waals surface area contributed by atoms with E-state index < -0.39 is 0 Å². The van der Waals surface area contributed by atoms with Crippen LogP contribution < -0.4 is 9.64 Å². The van der Waals surface area contributed by atoms with E-state index >= 15 is 0 Å². The lowest BCUT2D eigenvalue weighted by Gasteiger charge is -2.35. The second kappa shape index (κ2) is 8.53. The minimum absolute atomic E-state index is 0.0146. The first kappa shape index (κ1) is 21.1. The number of carbonyl (C=O) groups is 1. The Morgan fingerprint density at radius 1 is 1.06 bits per heavy atom. The quantitative estimate of drug-likeness (QED) is 0.629. The molecule has 0 unspecified atom stereocenters. The molecule has 0 saturated carbocycles. The fourth-order valence-electron chi connectivity index (χ4n) is 4.16. The normalized spacial score (nSPS) is 14.4. The Morgan fingerprint density at radius 3 is 2.39 bits per heavy atom. The van der Waals surface area contributed by atoms with Crippen LogP contribution in [0.5, 0.6) is 5.75 Å². The van der Waals surface area contributed by atoms with Gasteiger partial charge in [0.05, 0.1) is 5.69 Å². The first-order chi connectivity index (χ1) is 14.9. The summed E-state index contributed by atoms with van der Waals surface area (Å²) in [5.41, 5.74) is 4.86. The van der Waals surface area contributed by atoms with Crippen LogP contribution in [0.1, 0.15) is 29.6 Å². The predicted octanol–water partition coefficient (Wildman–Crippen LogP) is 2.58. The number of hydrogen-bond acceptors (Lipinski definition) is 6. The number of carbonyl (C=O) groups excluding carboxylic acids is 1. The van der Waals surface area contributed by atoms with E-state index in [1.165, 1.54) is 0 Å². The molecule has 3 aromatic rings. The van der Waals surface area contributed by atoms with Crippen LogP contribution in [0.2, 0.25) is 0 Å². The lowest BCUT2D eigenvalue weighted by atomic mass is 10.1. The number of ether oxygens (including phenoxy) is 1. The van der Waals surface area contributed by atoms with Crippen molar-refractivity contribution in [2.24, 2.45) is 7.05 Å². The van der Waals surface area contributed by atoms with Gasteiger partial charge in [0.15, 0.2) is 12.4 Å². The third-order valence-corrected chi connectivity index (χ3v) is 5.88. The van der Waals surface area contributed by atoms with Crippen LogP contribution in [0.3, 0.4) is 0 Å². The number of fused-ring (bicyclic) bond motifs is 1. The first-order valence-corrected chi connectivity index (χ1v) is 10.8. The summed E-state index contributed by atoms with van der Waals surface area (Å²) in [5.74, 6) is 2.54. The third-order valence-electron chi connectivity index (χ3n) is 5.88. The molecular formula is C23H30N6O2. The monoisotopic (exact) mass is 422 g/mol. The van der Waals surface area contributed by atoms with Crippen LogP contribution in [0, 0.1) is 20.8 Å². The van der Waals surface area contributed by atoms with Gasteiger partial charge in [0.1, 0.15) is 22.6 Å². The Hall–Kier alpha value is -3.16. The fraction of sp³-hybridized carbons (Fsp3) is 0.478. The van der Waals surface area contributed by atoms with Crippen molar-refractivity contribution in [2.45, 2.75) is 34.1 Å². The molecule has 1 amide bonds. The average molecular weight is 423 g/mol. The molecule has 3 heterocycles. The molecule has 164 valence electrons. The number of amides is 1. The van der Waals surface area contributed by atoms with Crippen LogP contribution in [0.15, 0.2) is 18.2 Å². The van der Waals surface area contributed by atoms with Crippen molar-refractivity contribution < 1.29 is 9.53 Å². The van der Waals surface area contributed by atoms with E-state index in [-0.39, 0.29) is 12.5 Å². The fourth-order valence-corrected chi connectivity index (χ4v) is 4.16. The van der Waals surface area contributed by atoms with Gasteiger partial charge in [-0.2, -0.15) is 5.10 Å². The average Bonchev–Trinajstić information content (AvgIpc) is 3.06. The minimum Gasteiger partial charge on any atom is -0.483 e. The molecule has 1 fully saturated rings. The SMILES string of the molecule is CCc1nc(N2CCN(C(=O)COc3c(C)cccc3C)CC2)c2c(n1)c(C)nn2C. The van der Waals surface area contributed by atoms with Crippen LogP contribution in [0.4, 0.5) is 5.82 Å². The molecule has 1 aliphatic rings. The van der Waals surface area contributed by atoms with E-state index in [0.717, 1.165) is 51.7 Å². The molecule has 2 aromatic heterocycles. The van der Waals surface area contributed by atoms with Crippen molar-refractivity contribution in [3.63, 3.8) is 0 Å². The number of piperazine rings is 1. The van der Waals surface area contributed by atoms with Crippen molar-refractivity contribution in [2.75, 3.05) is 37.7 Å².